The average Bonchev–Trinajstić information content (AvgIpc) is 2.67. The first kappa shape index (κ1) is 18.6. The number of benzene rings is 2. The molecule has 27 heavy (non-hydrogen) atoms. The van der Waals surface area contributed by atoms with Crippen molar-refractivity contribution in [3.05, 3.63) is 75.2 Å². The van der Waals surface area contributed by atoms with Gasteiger partial charge in [-0.1, -0.05) is 41.9 Å². The number of rotatable bonds is 5. The second kappa shape index (κ2) is 8.01. The maximum absolute atomic E-state index is 12.3. The van der Waals surface area contributed by atoms with Crippen LogP contribution in [-0.2, 0) is 23.1 Å². The van der Waals surface area contributed by atoms with E-state index in [-0.39, 0.29) is 17.8 Å². The molecule has 8 heteroatoms. The Hall–Kier alpha value is -3.19. The van der Waals surface area contributed by atoms with Gasteiger partial charge >= 0.3 is 5.97 Å². The average molecular weight is 386 g/mol. The number of amides is 1. The Morgan fingerprint density at radius 3 is 2.63 bits per heavy atom. The number of fused-ring (bicyclic) bond motifs is 1. The predicted molar refractivity (Wildman–Crippen MR) is 101 cm³/mol. The Morgan fingerprint density at radius 2 is 1.89 bits per heavy atom. The van der Waals surface area contributed by atoms with Gasteiger partial charge in [-0.15, -0.1) is 0 Å². The molecule has 2 aromatic carbocycles. The molecule has 0 bridgehead atoms. The summed E-state index contributed by atoms with van der Waals surface area (Å²) in [6.45, 7) is -0.198. The number of ether oxygens (including phenoxy) is 1. The van der Waals surface area contributed by atoms with Crippen molar-refractivity contribution in [1.82, 2.24) is 15.1 Å². The lowest BCUT2D eigenvalue weighted by molar-refractivity contribution is -0.124. The quantitative estimate of drug-likeness (QED) is 0.679. The normalized spacial score (nSPS) is 10.6. The van der Waals surface area contributed by atoms with Crippen molar-refractivity contribution in [2.75, 3.05) is 6.61 Å². The number of aromatic nitrogens is 2. The van der Waals surface area contributed by atoms with Gasteiger partial charge in [-0.2, -0.15) is 5.10 Å². The van der Waals surface area contributed by atoms with Gasteiger partial charge in [0.05, 0.1) is 5.39 Å². The van der Waals surface area contributed by atoms with E-state index in [0.717, 1.165) is 10.2 Å². The van der Waals surface area contributed by atoms with Crippen LogP contribution >= 0.6 is 11.6 Å². The number of nitrogens with one attached hydrogen (secondary N) is 1. The van der Waals surface area contributed by atoms with Crippen molar-refractivity contribution in [2.45, 2.75) is 6.54 Å². The minimum Gasteiger partial charge on any atom is -0.451 e. The van der Waals surface area contributed by atoms with Crippen LogP contribution in [0.1, 0.15) is 16.1 Å². The fourth-order valence-corrected chi connectivity index (χ4v) is 2.76. The first-order valence-corrected chi connectivity index (χ1v) is 8.48. The summed E-state index contributed by atoms with van der Waals surface area (Å²) in [6, 6.07) is 13.7. The molecule has 0 radical (unpaired) electrons. The lowest BCUT2D eigenvalue weighted by Gasteiger charge is -2.09. The maximum Gasteiger partial charge on any atom is 0.359 e. The van der Waals surface area contributed by atoms with Crippen molar-refractivity contribution in [3.63, 3.8) is 0 Å². The van der Waals surface area contributed by atoms with Crippen molar-refractivity contribution in [1.29, 1.82) is 0 Å². The Morgan fingerprint density at radius 1 is 1.15 bits per heavy atom. The van der Waals surface area contributed by atoms with Crippen LogP contribution in [0.2, 0.25) is 5.02 Å². The van der Waals surface area contributed by atoms with Crippen LogP contribution < -0.4 is 10.9 Å². The molecule has 0 saturated heterocycles. The fourth-order valence-electron chi connectivity index (χ4n) is 2.55. The van der Waals surface area contributed by atoms with Crippen molar-refractivity contribution in [3.8, 4) is 0 Å². The lowest BCUT2D eigenvalue weighted by Crippen LogP contribution is -2.29. The summed E-state index contributed by atoms with van der Waals surface area (Å²) in [7, 11) is 1.45. The van der Waals surface area contributed by atoms with E-state index in [1.165, 1.54) is 7.05 Å². The number of halogens is 1. The molecule has 0 spiro atoms. The van der Waals surface area contributed by atoms with Gasteiger partial charge in [0.1, 0.15) is 0 Å². The van der Waals surface area contributed by atoms with E-state index in [2.05, 4.69) is 10.4 Å². The predicted octanol–water partition coefficient (Wildman–Crippen LogP) is 2.06. The summed E-state index contributed by atoms with van der Waals surface area (Å²) in [5, 5.41) is 7.91. The van der Waals surface area contributed by atoms with Crippen LogP contribution in [0.5, 0.6) is 0 Å². The molecule has 3 aromatic rings. The summed E-state index contributed by atoms with van der Waals surface area (Å²) < 4.78 is 6.12. The summed E-state index contributed by atoms with van der Waals surface area (Å²) in [4.78, 5) is 36.4. The number of hydrogen-bond donors (Lipinski definition) is 1. The standard InChI is InChI=1S/C19H16ClN3O4/c1-23-18(25)15-8-3-2-7-14(15)17(22-23)19(26)27-11-16(24)21-10-12-5-4-6-13(20)9-12/h2-9H,10-11H2,1H3,(H,21,24). The minimum absolute atomic E-state index is 0.0182. The Balaban J connectivity index is 1.66. The third kappa shape index (κ3) is 4.32. The van der Waals surface area contributed by atoms with Crippen molar-refractivity contribution < 1.29 is 14.3 Å². The second-order valence-corrected chi connectivity index (χ2v) is 6.24. The van der Waals surface area contributed by atoms with Gasteiger partial charge in [-0.25, -0.2) is 9.48 Å². The molecule has 1 amide bonds. The van der Waals surface area contributed by atoms with Gasteiger partial charge in [0.15, 0.2) is 12.3 Å². The van der Waals surface area contributed by atoms with Gasteiger partial charge in [0.2, 0.25) is 0 Å². The first-order chi connectivity index (χ1) is 13.0. The molecule has 0 fully saturated rings. The van der Waals surface area contributed by atoms with Gasteiger partial charge in [-0.3, -0.25) is 9.59 Å². The third-order valence-corrected chi connectivity index (χ3v) is 4.10. The molecule has 0 unspecified atom stereocenters. The third-order valence-electron chi connectivity index (χ3n) is 3.86. The maximum atomic E-state index is 12.3. The Kier molecular flexibility index (Phi) is 5.52. The topological polar surface area (TPSA) is 90.3 Å². The Labute approximate surface area is 159 Å². The number of carbonyl (C=O) groups excluding carboxylic acids is 2. The SMILES string of the molecule is Cn1nc(C(=O)OCC(=O)NCc2cccc(Cl)c2)c2ccccc2c1=O. The summed E-state index contributed by atoms with van der Waals surface area (Å²) in [5.41, 5.74) is 0.490. The first-order valence-electron chi connectivity index (χ1n) is 8.10. The highest BCUT2D eigenvalue weighted by Crippen LogP contribution is 2.14. The molecular formula is C19H16ClN3O4. The van der Waals surface area contributed by atoms with Crippen LogP contribution in [0.4, 0.5) is 0 Å². The zero-order chi connectivity index (χ0) is 19.4. The van der Waals surface area contributed by atoms with E-state index < -0.39 is 18.5 Å². The molecule has 0 aliphatic carbocycles. The van der Waals surface area contributed by atoms with Crippen molar-refractivity contribution >= 4 is 34.2 Å². The van der Waals surface area contributed by atoms with Crippen LogP contribution in [-0.4, -0.2) is 28.3 Å². The van der Waals surface area contributed by atoms with Crippen LogP contribution in [0.3, 0.4) is 0 Å². The van der Waals surface area contributed by atoms with Gasteiger partial charge < -0.3 is 10.1 Å². The fraction of sp³-hybridized carbons (Fsp3) is 0.158. The molecule has 1 heterocycles. The minimum atomic E-state index is -0.778. The number of esters is 1. The van der Waals surface area contributed by atoms with Crippen LogP contribution in [0, 0.1) is 0 Å². The van der Waals surface area contributed by atoms with E-state index in [1.807, 2.05) is 6.07 Å². The van der Waals surface area contributed by atoms with E-state index >= 15 is 0 Å². The lowest BCUT2D eigenvalue weighted by atomic mass is 10.1. The van der Waals surface area contributed by atoms with Gasteiger partial charge in [0.25, 0.3) is 11.5 Å². The smallest absolute Gasteiger partial charge is 0.359 e. The zero-order valence-corrected chi connectivity index (χ0v) is 15.2. The van der Waals surface area contributed by atoms with E-state index in [4.69, 9.17) is 16.3 Å². The second-order valence-electron chi connectivity index (χ2n) is 5.81. The van der Waals surface area contributed by atoms with Crippen LogP contribution in [0.15, 0.2) is 53.3 Å². The monoisotopic (exact) mass is 385 g/mol. The highest BCUT2D eigenvalue weighted by Gasteiger charge is 2.18. The van der Waals surface area contributed by atoms with Gasteiger partial charge in [-0.05, 0) is 23.8 Å². The van der Waals surface area contributed by atoms with E-state index in [9.17, 15) is 14.4 Å². The molecule has 7 nitrogen and oxygen atoms in total. The molecular weight excluding hydrogens is 370 g/mol. The number of aryl methyl sites for hydroxylation is 1. The van der Waals surface area contributed by atoms with Gasteiger partial charge in [0, 0.05) is 24.0 Å². The molecule has 0 atom stereocenters. The van der Waals surface area contributed by atoms with Crippen LogP contribution in [0.25, 0.3) is 10.8 Å². The molecule has 0 aliphatic rings. The molecule has 0 saturated carbocycles. The summed E-state index contributed by atoms with van der Waals surface area (Å²) in [5.74, 6) is -1.24. The molecule has 3 rings (SSSR count). The molecule has 0 aliphatic heterocycles. The molecule has 138 valence electrons. The van der Waals surface area contributed by atoms with E-state index in [0.29, 0.717) is 15.8 Å². The largest absolute Gasteiger partial charge is 0.451 e. The summed E-state index contributed by atoms with van der Waals surface area (Å²) >= 11 is 5.89. The van der Waals surface area contributed by atoms with Crippen molar-refractivity contribution in [2.24, 2.45) is 7.05 Å². The number of carbonyl (C=O) groups is 2. The van der Waals surface area contributed by atoms with E-state index in [1.54, 1.807) is 42.5 Å². The Bertz CT molecular complexity index is 1080. The zero-order valence-electron chi connectivity index (χ0n) is 14.4. The number of nitrogens with zero attached hydrogens (tertiary/aromatic N) is 2. The number of hydrogen-bond acceptors (Lipinski definition) is 5. The molecule has 1 aromatic heterocycles. The highest BCUT2D eigenvalue weighted by atomic mass is 35.5. The summed E-state index contributed by atoms with van der Waals surface area (Å²) in [6.07, 6.45) is 0. The highest BCUT2D eigenvalue weighted by molar-refractivity contribution is 6.30. The molecule has 1 N–H and O–H groups in total.